The van der Waals surface area contributed by atoms with E-state index < -0.39 is 29.0 Å². The molecule has 1 aliphatic carbocycles. The van der Waals surface area contributed by atoms with Gasteiger partial charge < -0.3 is 15.2 Å². The van der Waals surface area contributed by atoms with Crippen LogP contribution in [0.15, 0.2) is 41.5 Å². The molecule has 2 N–H and O–H groups in total. The van der Waals surface area contributed by atoms with Gasteiger partial charge in [0.2, 0.25) is 5.43 Å². The second-order valence-electron chi connectivity index (χ2n) is 7.54. The smallest absolute Gasteiger partial charge is 0.352 e. The lowest BCUT2D eigenvalue weighted by Crippen LogP contribution is -2.35. The molecule has 0 unspecified atom stereocenters. The SMILES string of the molecule is CCNC(=O)c1cn(C2CCCC2)cc(C(=O)NCc2cccc(C(F)(F)F)c2)c1=O. The summed E-state index contributed by atoms with van der Waals surface area (Å²) in [6.07, 6.45) is 2.21. The number of alkyl halides is 3. The molecule has 166 valence electrons. The van der Waals surface area contributed by atoms with Crippen LogP contribution in [0.2, 0.25) is 0 Å². The average molecular weight is 435 g/mol. The average Bonchev–Trinajstić information content (AvgIpc) is 3.27. The molecule has 0 atom stereocenters. The Balaban J connectivity index is 1.87. The van der Waals surface area contributed by atoms with Gasteiger partial charge in [0.15, 0.2) is 0 Å². The number of aromatic nitrogens is 1. The van der Waals surface area contributed by atoms with Crippen LogP contribution in [0.4, 0.5) is 13.2 Å². The number of amides is 2. The topological polar surface area (TPSA) is 80.2 Å². The van der Waals surface area contributed by atoms with Crippen molar-refractivity contribution in [3.05, 3.63) is 69.1 Å². The highest BCUT2D eigenvalue weighted by Crippen LogP contribution is 2.30. The van der Waals surface area contributed by atoms with Gasteiger partial charge in [-0.1, -0.05) is 25.0 Å². The maximum Gasteiger partial charge on any atom is 0.416 e. The van der Waals surface area contributed by atoms with Crippen molar-refractivity contribution in [1.82, 2.24) is 15.2 Å². The summed E-state index contributed by atoms with van der Waals surface area (Å²) in [6.45, 7) is 1.86. The number of hydrogen-bond acceptors (Lipinski definition) is 3. The van der Waals surface area contributed by atoms with Crippen molar-refractivity contribution in [2.45, 2.75) is 51.4 Å². The highest BCUT2D eigenvalue weighted by Gasteiger charge is 2.30. The van der Waals surface area contributed by atoms with Crippen LogP contribution in [-0.2, 0) is 12.7 Å². The fourth-order valence-corrected chi connectivity index (χ4v) is 3.73. The van der Waals surface area contributed by atoms with E-state index in [1.807, 2.05) is 0 Å². The summed E-state index contributed by atoms with van der Waals surface area (Å²) in [5.74, 6) is -1.30. The first-order chi connectivity index (χ1) is 14.7. The van der Waals surface area contributed by atoms with Crippen LogP contribution >= 0.6 is 0 Å². The van der Waals surface area contributed by atoms with Crippen LogP contribution in [0.25, 0.3) is 0 Å². The van der Waals surface area contributed by atoms with Gasteiger partial charge in [-0.15, -0.1) is 0 Å². The lowest BCUT2D eigenvalue weighted by atomic mass is 10.1. The van der Waals surface area contributed by atoms with Gasteiger partial charge in [0.05, 0.1) is 5.56 Å². The molecule has 2 amide bonds. The van der Waals surface area contributed by atoms with Gasteiger partial charge in [-0.25, -0.2) is 0 Å². The maximum absolute atomic E-state index is 12.9. The number of halogens is 3. The van der Waals surface area contributed by atoms with Crippen LogP contribution in [-0.4, -0.2) is 22.9 Å². The van der Waals surface area contributed by atoms with Gasteiger partial charge in [0.25, 0.3) is 11.8 Å². The molecule has 1 aromatic heterocycles. The molecule has 0 radical (unpaired) electrons. The Bertz CT molecular complexity index is 1020. The Morgan fingerprint density at radius 3 is 2.26 bits per heavy atom. The largest absolute Gasteiger partial charge is 0.416 e. The van der Waals surface area contributed by atoms with Crippen molar-refractivity contribution in [3.63, 3.8) is 0 Å². The lowest BCUT2D eigenvalue weighted by molar-refractivity contribution is -0.137. The Morgan fingerprint density at radius 2 is 1.68 bits per heavy atom. The number of carbonyl (C=O) groups is 2. The first-order valence-corrected chi connectivity index (χ1v) is 10.2. The third-order valence-corrected chi connectivity index (χ3v) is 5.33. The van der Waals surface area contributed by atoms with E-state index in [1.54, 1.807) is 11.5 Å². The standard InChI is InChI=1S/C22H24F3N3O3/c1-2-26-20(30)17-12-28(16-8-3-4-9-16)13-18(19(17)29)21(31)27-11-14-6-5-7-15(10-14)22(23,24)25/h5-7,10,12-13,16H,2-4,8-9,11H2,1H3,(H,26,30)(H,27,31). The molecule has 1 fully saturated rings. The zero-order valence-corrected chi connectivity index (χ0v) is 17.1. The first-order valence-electron chi connectivity index (χ1n) is 10.2. The summed E-state index contributed by atoms with van der Waals surface area (Å²) in [5.41, 5.74) is -1.61. The van der Waals surface area contributed by atoms with Gasteiger partial charge in [0.1, 0.15) is 11.1 Å². The molecule has 3 rings (SSSR count). The number of carbonyl (C=O) groups excluding carboxylic acids is 2. The minimum Gasteiger partial charge on any atom is -0.352 e. The summed E-state index contributed by atoms with van der Waals surface area (Å²) in [7, 11) is 0. The fraction of sp³-hybridized carbons (Fsp3) is 0.409. The fourth-order valence-electron chi connectivity index (χ4n) is 3.73. The van der Waals surface area contributed by atoms with E-state index in [2.05, 4.69) is 10.6 Å². The summed E-state index contributed by atoms with van der Waals surface area (Å²) in [4.78, 5) is 37.9. The molecular formula is C22H24F3N3O3. The molecule has 0 aliphatic heterocycles. The molecule has 0 saturated heterocycles. The minimum absolute atomic E-state index is 0.0868. The summed E-state index contributed by atoms with van der Waals surface area (Å²) < 4.78 is 40.4. The van der Waals surface area contributed by atoms with Crippen molar-refractivity contribution in [2.75, 3.05) is 6.54 Å². The highest BCUT2D eigenvalue weighted by molar-refractivity contribution is 5.99. The monoisotopic (exact) mass is 435 g/mol. The van der Waals surface area contributed by atoms with E-state index >= 15 is 0 Å². The predicted octanol–water partition coefficient (Wildman–Crippen LogP) is 3.66. The third kappa shape index (κ3) is 5.34. The van der Waals surface area contributed by atoms with Crippen molar-refractivity contribution in [3.8, 4) is 0 Å². The van der Waals surface area contributed by atoms with E-state index in [9.17, 15) is 27.6 Å². The van der Waals surface area contributed by atoms with Gasteiger partial charge >= 0.3 is 6.18 Å². The molecule has 1 saturated carbocycles. The molecule has 1 aromatic carbocycles. The quantitative estimate of drug-likeness (QED) is 0.727. The number of nitrogens with zero attached hydrogens (tertiary/aromatic N) is 1. The van der Waals surface area contributed by atoms with Gasteiger partial charge in [-0.05, 0) is 37.5 Å². The number of pyridine rings is 1. The van der Waals surface area contributed by atoms with E-state index in [0.717, 1.165) is 37.8 Å². The number of benzene rings is 1. The van der Waals surface area contributed by atoms with Crippen LogP contribution in [0.1, 0.15) is 70.5 Å². The zero-order chi connectivity index (χ0) is 22.6. The van der Waals surface area contributed by atoms with Crippen molar-refractivity contribution in [2.24, 2.45) is 0 Å². The van der Waals surface area contributed by atoms with E-state index in [4.69, 9.17) is 0 Å². The number of hydrogen-bond donors (Lipinski definition) is 2. The first kappa shape index (κ1) is 22.6. The molecular weight excluding hydrogens is 411 g/mol. The molecule has 1 aliphatic rings. The van der Waals surface area contributed by atoms with Gasteiger partial charge in [0, 0.05) is 31.5 Å². The number of nitrogens with one attached hydrogen (secondary N) is 2. The normalized spacial score (nSPS) is 14.5. The Kier molecular flexibility index (Phi) is 6.82. The molecule has 6 nitrogen and oxygen atoms in total. The third-order valence-electron chi connectivity index (χ3n) is 5.33. The van der Waals surface area contributed by atoms with Crippen LogP contribution < -0.4 is 16.1 Å². The van der Waals surface area contributed by atoms with Crippen molar-refractivity contribution >= 4 is 11.8 Å². The Morgan fingerprint density at radius 1 is 1.06 bits per heavy atom. The molecule has 2 aromatic rings. The second kappa shape index (κ2) is 9.36. The zero-order valence-electron chi connectivity index (χ0n) is 17.1. The van der Waals surface area contributed by atoms with Crippen LogP contribution in [0, 0.1) is 0 Å². The minimum atomic E-state index is -4.49. The van der Waals surface area contributed by atoms with Gasteiger partial charge in [-0.3, -0.25) is 14.4 Å². The van der Waals surface area contributed by atoms with Crippen molar-refractivity contribution < 1.29 is 22.8 Å². The summed E-state index contributed by atoms with van der Waals surface area (Å²) >= 11 is 0. The molecule has 1 heterocycles. The van der Waals surface area contributed by atoms with Crippen LogP contribution in [0.3, 0.4) is 0 Å². The lowest BCUT2D eigenvalue weighted by Gasteiger charge is -2.17. The number of rotatable bonds is 6. The van der Waals surface area contributed by atoms with Gasteiger partial charge in [-0.2, -0.15) is 13.2 Å². The maximum atomic E-state index is 12.9. The summed E-state index contributed by atoms with van der Waals surface area (Å²) in [6, 6.07) is 4.69. The predicted molar refractivity (Wildman–Crippen MR) is 109 cm³/mol. The molecule has 31 heavy (non-hydrogen) atoms. The molecule has 9 heteroatoms. The van der Waals surface area contributed by atoms with Crippen molar-refractivity contribution in [1.29, 1.82) is 0 Å². The Labute approximate surface area is 177 Å². The second-order valence-corrected chi connectivity index (χ2v) is 7.54. The summed E-state index contributed by atoms with van der Waals surface area (Å²) in [5, 5.41) is 5.07. The molecule has 0 spiro atoms. The van der Waals surface area contributed by atoms with Crippen LogP contribution in [0.5, 0.6) is 0 Å². The molecule has 0 bridgehead atoms. The van der Waals surface area contributed by atoms with E-state index in [-0.39, 0.29) is 29.3 Å². The van der Waals surface area contributed by atoms with E-state index in [0.29, 0.717) is 6.54 Å². The van der Waals surface area contributed by atoms with E-state index in [1.165, 1.54) is 24.5 Å². The Hall–Kier alpha value is -3.10. The highest BCUT2D eigenvalue weighted by atomic mass is 19.4.